The van der Waals surface area contributed by atoms with Gasteiger partial charge in [-0.1, -0.05) is 72.8 Å². The number of nitrogens with two attached hydrogens (primary N) is 1. The van der Waals surface area contributed by atoms with Crippen molar-refractivity contribution < 1.29 is 24.9 Å². The molecule has 10 heteroatoms. The van der Waals surface area contributed by atoms with Crippen LogP contribution in [0.2, 0.25) is 0 Å². The molecule has 1 amide bonds. The number of carbonyl (C=O) groups is 1. The number of phenolic OH excluding ortho intramolecular Hbond substituents is 1. The fourth-order valence-corrected chi connectivity index (χ4v) is 7.65. The van der Waals surface area contributed by atoms with Crippen molar-refractivity contribution in [2.24, 2.45) is 5.73 Å². The number of benzene rings is 5. The average Bonchev–Trinajstić information content (AvgIpc) is 3.21. The highest BCUT2D eigenvalue weighted by atomic mass is 16.5. The van der Waals surface area contributed by atoms with Gasteiger partial charge in [0.15, 0.2) is 0 Å². The minimum atomic E-state index is -0.926. The summed E-state index contributed by atoms with van der Waals surface area (Å²) >= 11 is 0. The molecule has 7 N–H and O–H groups in total. The largest absolute Gasteiger partial charge is 0.506 e. The van der Waals surface area contributed by atoms with E-state index in [2.05, 4.69) is 40.6 Å². The van der Waals surface area contributed by atoms with E-state index in [4.69, 9.17) is 10.5 Å². The molecule has 0 bridgehead atoms. The summed E-state index contributed by atoms with van der Waals surface area (Å²) in [5.41, 5.74) is 12.8. The minimum absolute atomic E-state index is 0.0412. The van der Waals surface area contributed by atoms with Gasteiger partial charge in [-0.05, 0) is 115 Å². The van der Waals surface area contributed by atoms with E-state index in [-0.39, 0.29) is 29.9 Å². The van der Waals surface area contributed by atoms with Gasteiger partial charge in [0, 0.05) is 42.2 Å². The topological polar surface area (TPSA) is 161 Å². The van der Waals surface area contributed by atoms with Crippen molar-refractivity contribution >= 4 is 22.7 Å². The predicted molar refractivity (Wildman–Crippen MR) is 220 cm³/mol. The minimum Gasteiger partial charge on any atom is -0.506 e. The highest BCUT2D eigenvalue weighted by Gasteiger charge is 2.30. The van der Waals surface area contributed by atoms with Gasteiger partial charge in [-0.3, -0.25) is 9.69 Å². The van der Waals surface area contributed by atoms with Crippen molar-refractivity contribution in [2.75, 3.05) is 11.4 Å². The van der Waals surface area contributed by atoms with Crippen LogP contribution >= 0.6 is 0 Å². The Labute approximate surface area is 326 Å². The SMILES string of the molecule is N[C@H]1CC[C@H](N(C(=O)O)c2cc(CCCc3ccc(Oc4ccc(CNC[C@H](O)c5ccc(O)c6[nH]c(=O)ccc56)cc4)cc3)ccc2-c2ccccc2)CC1. The van der Waals surface area contributed by atoms with E-state index < -0.39 is 12.2 Å². The van der Waals surface area contributed by atoms with Crippen molar-refractivity contribution in [3.8, 4) is 28.4 Å². The fourth-order valence-electron chi connectivity index (χ4n) is 7.65. The van der Waals surface area contributed by atoms with Crippen LogP contribution in [0.4, 0.5) is 10.5 Å². The zero-order chi connectivity index (χ0) is 39.0. The maximum Gasteiger partial charge on any atom is 0.412 e. The monoisotopic (exact) mass is 752 g/mol. The standard InChI is InChI=1S/C46H48N4O6/c47-34-14-16-35(17-15-34)50(46(54)55)41-27-31(13-22-38(41)33-7-2-1-3-8-33)6-4-5-30-9-18-36(19-10-30)56-37-20-11-32(12-21-37)28-48-29-43(52)39-23-25-42(51)45-40(39)24-26-44(53)49-45/h1-3,7-13,18-27,34-35,43,48,51-52H,4-6,14-17,28-29,47H2,(H,49,53)(H,54,55)/t34-,35-,43-/m0/s1. The lowest BCUT2D eigenvalue weighted by Gasteiger charge is -2.35. The Hall–Kier alpha value is -5.94. The van der Waals surface area contributed by atoms with Crippen LogP contribution in [0, 0.1) is 0 Å². The number of phenols is 1. The second kappa shape index (κ2) is 17.7. The first-order chi connectivity index (χ1) is 27.2. The number of fused-ring (bicyclic) bond motifs is 1. The Kier molecular flexibility index (Phi) is 12.1. The third-order valence-electron chi connectivity index (χ3n) is 10.7. The van der Waals surface area contributed by atoms with E-state index in [0.29, 0.717) is 28.8 Å². The first-order valence-corrected chi connectivity index (χ1v) is 19.3. The molecule has 0 saturated heterocycles. The molecule has 1 aromatic heterocycles. The third kappa shape index (κ3) is 9.29. The second-order valence-corrected chi connectivity index (χ2v) is 14.6. The first-order valence-electron chi connectivity index (χ1n) is 19.3. The van der Waals surface area contributed by atoms with Crippen molar-refractivity contribution in [3.05, 3.63) is 154 Å². The number of aromatic nitrogens is 1. The molecule has 5 aromatic carbocycles. The molecule has 1 aliphatic carbocycles. The van der Waals surface area contributed by atoms with Gasteiger partial charge in [0.05, 0.1) is 17.3 Å². The number of amides is 1. The molecule has 56 heavy (non-hydrogen) atoms. The van der Waals surface area contributed by atoms with Gasteiger partial charge < -0.3 is 36.1 Å². The predicted octanol–water partition coefficient (Wildman–Crippen LogP) is 8.45. The van der Waals surface area contributed by atoms with Crippen molar-refractivity contribution in [1.29, 1.82) is 0 Å². The van der Waals surface area contributed by atoms with Crippen LogP contribution in [0.1, 0.15) is 60.5 Å². The zero-order valence-electron chi connectivity index (χ0n) is 31.2. The molecule has 1 fully saturated rings. The number of rotatable bonds is 14. The summed E-state index contributed by atoms with van der Waals surface area (Å²) in [5.74, 6) is 1.41. The maximum atomic E-state index is 12.7. The number of hydrogen-bond donors (Lipinski definition) is 6. The van der Waals surface area contributed by atoms with Gasteiger partial charge in [-0.2, -0.15) is 0 Å². The maximum absolute atomic E-state index is 12.7. The van der Waals surface area contributed by atoms with Gasteiger partial charge in [-0.15, -0.1) is 0 Å². The van der Waals surface area contributed by atoms with Crippen LogP contribution < -0.4 is 26.2 Å². The van der Waals surface area contributed by atoms with Crippen LogP contribution in [-0.4, -0.2) is 45.0 Å². The number of hydrogen-bond acceptors (Lipinski definition) is 7. The van der Waals surface area contributed by atoms with Gasteiger partial charge in [0.25, 0.3) is 0 Å². The smallest absolute Gasteiger partial charge is 0.412 e. The fraction of sp³-hybridized carbons (Fsp3) is 0.261. The van der Waals surface area contributed by atoms with E-state index >= 15 is 0 Å². The highest BCUT2D eigenvalue weighted by Crippen LogP contribution is 2.37. The number of nitrogens with zero attached hydrogens (tertiary/aromatic N) is 1. The Morgan fingerprint density at radius 1 is 0.821 bits per heavy atom. The van der Waals surface area contributed by atoms with E-state index in [1.165, 1.54) is 17.7 Å². The molecule has 1 saturated carbocycles. The number of pyridine rings is 1. The molecular formula is C46H48N4O6. The number of H-pyrrole nitrogens is 1. The van der Waals surface area contributed by atoms with Crippen molar-refractivity contribution in [1.82, 2.24) is 10.3 Å². The van der Waals surface area contributed by atoms with Crippen LogP contribution in [0.25, 0.3) is 22.0 Å². The number of aliphatic hydroxyl groups is 1. The summed E-state index contributed by atoms with van der Waals surface area (Å²) in [6.07, 6.45) is 4.01. The number of aliphatic hydroxyl groups excluding tert-OH is 1. The number of anilines is 1. The molecule has 288 valence electrons. The molecule has 0 radical (unpaired) electrons. The van der Waals surface area contributed by atoms with Crippen LogP contribution in [0.3, 0.4) is 0 Å². The zero-order valence-corrected chi connectivity index (χ0v) is 31.2. The molecule has 7 rings (SSSR count). The van der Waals surface area contributed by atoms with Crippen LogP contribution in [-0.2, 0) is 19.4 Å². The van der Waals surface area contributed by atoms with Gasteiger partial charge in [0.2, 0.25) is 5.56 Å². The number of carboxylic acid groups (broad SMARTS) is 1. The Bertz CT molecular complexity index is 2300. The lowest BCUT2D eigenvalue weighted by molar-refractivity contribution is 0.176. The Morgan fingerprint density at radius 3 is 2.18 bits per heavy atom. The van der Waals surface area contributed by atoms with E-state index in [0.717, 1.165) is 78.6 Å². The number of aromatic amines is 1. The Balaban J connectivity index is 0.917. The van der Waals surface area contributed by atoms with Gasteiger partial charge in [0.1, 0.15) is 17.2 Å². The number of ether oxygens (including phenoxy) is 1. The molecule has 1 heterocycles. The summed E-state index contributed by atoms with van der Waals surface area (Å²) in [6, 6.07) is 38.3. The number of aromatic hydroxyl groups is 1. The molecule has 6 aromatic rings. The molecule has 0 spiro atoms. The van der Waals surface area contributed by atoms with Gasteiger partial charge in [-0.25, -0.2) is 4.79 Å². The molecule has 0 unspecified atom stereocenters. The third-order valence-corrected chi connectivity index (χ3v) is 10.7. The lowest BCUT2D eigenvalue weighted by Crippen LogP contribution is -2.44. The normalized spacial score (nSPS) is 16.0. The van der Waals surface area contributed by atoms with Crippen molar-refractivity contribution in [3.63, 3.8) is 0 Å². The first kappa shape index (κ1) is 38.3. The van der Waals surface area contributed by atoms with E-state index in [9.17, 15) is 24.9 Å². The molecule has 0 aliphatic heterocycles. The second-order valence-electron chi connectivity index (χ2n) is 14.6. The summed E-state index contributed by atoms with van der Waals surface area (Å²) in [4.78, 5) is 28.7. The van der Waals surface area contributed by atoms with Crippen LogP contribution in [0.15, 0.2) is 126 Å². The van der Waals surface area contributed by atoms with Gasteiger partial charge >= 0.3 is 6.09 Å². The molecule has 1 atom stereocenters. The van der Waals surface area contributed by atoms with Crippen LogP contribution in [0.5, 0.6) is 17.2 Å². The summed E-state index contributed by atoms with van der Waals surface area (Å²) in [6.45, 7) is 0.815. The summed E-state index contributed by atoms with van der Waals surface area (Å²) < 4.78 is 6.11. The molecular weight excluding hydrogens is 705 g/mol. The van der Waals surface area contributed by atoms with E-state index in [1.54, 1.807) is 17.0 Å². The molecule has 1 aliphatic rings. The number of nitrogens with one attached hydrogen (secondary N) is 2. The quantitative estimate of drug-likeness (QED) is 0.0646. The Morgan fingerprint density at radius 2 is 1.48 bits per heavy atom. The lowest BCUT2D eigenvalue weighted by atomic mass is 9.89. The van der Waals surface area contributed by atoms with E-state index in [1.807, 2.05) is 66.7 Å². The summed E-state index contributed by atoms with van der Waals surface area (Å²) in [7, 11) is 0. The molecule has 10 nitrogen and oxygen atoms in total. The average molecular weight is 753 g/mol. The highest BCUT2D eigenvalue weighted by molar-refractivity contribution is 5.94. The van der Waals surface area contributed by atoms with Crippen molar-refractivity contribution in [2.45, 2.75) is 69.7 Å². The number of aryl methyl sites for hydroxylation is 2. The summed E-state index contributed by atoms with van der Waals surface area (Å²) in [5, 5.41) is 35.3.